The molecular formula is C21H25NO3. The molecule has 0 saturated carbocycles. The Morgan fingerprint density at radius 3 is 2.60 bits per heavy atom. The van der Waals surface area contributed by atoms with Crippen molar-refractivity contribution in [1.29, 1.82) is 0 Å². The molecule has 2 aromatic carbocycles. The molecular weight excluding hydrogens is 314 g/mol. The lowest BCUT2D eigenvalue weighted by Gasteiger charge is -2.41. The fourth-order valence-electron chi connectivity index (χ4n) is 4.45. The fourth-order valence-corrected chi connectivity index (χ4v) is 4.45. The molecule has 0 saturated heterocycles. The number of aryl methyl sites for hydroxylation is 1. The Hall–Kier alpha value is -2.04. The normalized spacial score (nSPS) is 22.8. The van der Waals surface area contributed by atoms with E-state index in [2.05, 4.69) is 29.2 Å². The van der Waals surface area contributed by atoms with Gasteiger partial charge in [-0.3, -0.25) is 4.90 Å². The first-order valence-corrected chi connectivity index (χ1v) is 8.96. The third-order valence-corrected chi connectivity index (χ3v) is 5.59. The Kier molecular flexibility index (Phi) is 4.40. The molecule has 1 heterocycles. The summed E-state index contributed by atoms with van der Waals surface area (Å²) in [6, 6.07) is 12.9. The van der Waals surface area contributed by atoms with Gasteiger partial charge < -0.3 is 14.6 Å². The Bertz CT molecular complexity index is 774. The number of methoxy groups -OCH3 is 2. The lowest BCUT2D eigenvalue weighted by atomic mass is 9.85. The zero-order valence-corrected chi connectivity index (χ0v) is 14.9. The summed E-state index contributed by atoms with van der Waals surface area (Å²) in [5.41, 5.74) is 4.77. The average Bonchev–Trinajstić information content (AvgIpc) is 2.66. The maximum absolute atomic E-state index is 10.9. The van der Waals surface area contributed by atoms with Gasteiger partial charge in [0.1, 0.15) is 11.5 Å². The number of aliphatic hydroxyl groups is 1. The van der Waals surface area contributed by atoms with E-state index in [-0.39, 0.29) is 0 Å². The molecule has 132 valence electrons. The first kappa shape index (κ1) is 16.4. The monoisotopic (exact) mass is 339 g/mol. The van der Waals surface area contributed by atoms with Crippen molar-refractivity contribution >= 4 is 0 Å². The van der Waals surface area contributed by atoms with Gasteiger partial charge in [0, 0.05) is 30.3 Å². The maximum Gasteiger partial charge on any atom is 0.125 e. The summed E-state index contributed by atoms with van der Waals surface area (Å²) in [6.07, 6.45) is 2.90. The fraction of sp³-hybridized carbons (Fsp3) is 0.429. The van der Waals surface area contributed by atoms with E-state index in [0.29, 0.717) is 12.6 Å². The first-order valence-electron chi connectivity index (χ1n) is 8.96. The van der Waals surface area contributed by atoms with E-state index >= 15 is 0 Å². The van der Waals surface area contributed by atoms with Crippen LogP contribution in [0.15, 0.2) is 36.4 Å². The first-order chi connectivity index (χ1) is 12.2. The average molecular weight is 339 g/mol. The molecule has 1 N–H and O–H groups in total. The summed E-state index contributed by atoms with van der Waals surface area (Å²) in [5, 5.41) is 10.9. The van der Waals surface area contributed by atoms with Crippen LogP contribution in [0.3, 0.4) is 0 Å². The molecule has 2 aliphatic rings. The van der Waals surface area contributed by atoms with E-state index in [1.54, 1.807) is 14.2 Å². The van der Waals surface area contributed by atoms with Crippen LogP contribution in [0.25, 0.3) is 0 Å². The molecule has 0 unspecified atom stereocenters. The number of hydrogen-bond donors (Lipinski definition) is 1. The lowest BCUT2D eigenvalue weighted by molar-refractivity contribution is 0.0559. The number of aliphatic hydroxyl groups excluding tert-OH is 1. The molecule has 0 aromatic heterocycles. The summed E-state index contributed by atoms with van der Waals surface area (Å²) in [4.78, 5) is 2.40. The number of benzene rings is 2. The van der Waals surface area contributed by atoms with Gasteiger partial charge in [0.2, 0.25) is 0 Å². The number of fused-ring (bicyclic) bond motifs is 2. The van der Waals surface area contributed by atoms with Crippen LogP contribution in [0.4, 0.5) is 0 Å². The standard InChI is InChI=1S/C21H25NO3/c1-24-19-10-11-20(25-2)21-16(19)12-22(13-18(21)23)17-9-5-7-14-6-3-4-8-15(14)17/h3-4,6,8,10-11,17-18,23H,5,7,9,12-13H2,1-2H3/t17-,18-/m0/s1. The predicted molar refractivity (Wildman–Crippen MR) is 97.0 cm³/mol. The second-order valence-corrected chi connectivity index (χ2v) is 6.91. The molecule has 2 atom stereocenters. The number of rotatable bonds is 3. The SMILES string of the molecule is COc1ccc(OC)c2c1CN([C@H]1CCCc3ccccc31)C[C@@H]2O. The van der Waals surface area contributed by atoms with Gasteiger partial charge in [-0.1, -0.05) is 24.3 Å². The predicted octanol–water partition coefficient (Wildman–Crippen LogP) is 3.63. The van der Waals surface area contributed by atoms with Crippen molar-refractivity contribution in [3.05, 3.63) is 58.7 Å². The number of hydrogen-bond acceptors (Lipinski definition) is 4. The van der Waals surface area contributed by atoms with Crippen molar-refractivity contribution in [2.75, 3.05) is 20.8 Å². The number of β-amino-alcohol motifs (C(OH)–C–C–N with tert-alkyl or cyclic N) is 1. The van der Waals surface area contributed by atoms with Gasteiger partial charge in [-0.15, -0.1) is 0 Å². The molecule has 2 aromatic rings. The minimum Gasteiger partial charge on any atom is -0.496 e. The highest BCUT2D eigenvalue weighted by molar-refractivity contribution is 5.51. The summed E-state index contributed by atoms with van der Waals surface area (Å²) >= 11 is 0. The summed E-state index contributed by atoms with van der Waals surface area (Å²) in [5.74, 6) is 1.57. The molecule has 25 heavy (non-hydrogen) atoms. The minimum absolute atomic E-state index is 0.351. The van der Waals surface area contributed by atoms with Gasteiger partial charge in [0.25, 0.3) is 0 Å². The molecule has 1 aliphatic heterocycles. The molecule has 1 aliphatic carbocycles. The van der Waals surface area contributed by atoms with Crippen LogP contribution in [0.2, 0.25) is 0 Å². The summed E-state index contributed by atoms with van der Waals surface area (Å²) < 4.78 is 11.1. The van der Waals surface area contributed by atoms with Gasteiger partial charge in [-0.05, 0) is 42.5 Å². The smallest absolute Gasteiger partial charge is 0.125 e. The minimum atomic E-state index is -0.567. The van der Waals surface area contributed by atoms with E-state index in [4.69, 9.17) is 9.47 Å². The van der Waals surface area contributed by atoms with E-state index in [0.717, 1.165) is 42.0 Å². The van der Waals surface area contributed by atoms with E-state index in [1.165, 1.54) is 17.5 Å². The second-order valence-electron chi connectivity index (χ2n) is 6.91. The Morgan fingerprint density at radius 1 is 1.04 bits per heavy atom. The molecule has 4 nitrogen and oxygen atoms in total. The van der Waals surface area contributed by atoms with E-state index in [9.17, 15) is 5.11 Å². The van der Waals surface area contributed by atoms with Crippen LogP contribution in [-0.4, -0.2) is 30.8 Å². The Labute approximate surface area is 149 Å². The third kappa shape index (κ3) is 2.79. The van der Waals surface area contributed by atoms with Crippen LogP contribution >= 0.6 is 0 Å². The molecule has 0 bridgehead atoms. The zero-order chi connectivity index (χ0) is 17.4. The Morgan fingerprint density at radius 2 is 1.80 bits per heavy atom. The van der Waals surface area contributed by atoms with Gasteiger partial charge >= 0.3 is 0 Å². The highest BCUT2D eigenvalue weighted by Crippen LogP contribution is 2.44. The highest BCUT2D eigenvalue weighted by atomic mass is 16.5. The van der Waals surface area contributed by atoms with Crippen molar-refractivity contribution in [3.8, 4) is 11.5 Å². The summed E-state index contributed by atoms with van der Waals surface area (Å²) in [6.45, 7) is 1.39. The summed E-state index contributed by atoms with van der Waals surface area (Å²) in [7, 11) is 3.34. The van der Waals surface area contributed by atoms with Crippen LogP contribution in [0.5, 0.6) is 11.5 Å². The van der Waals surface area contributed by atoms with Crippen LogP contribution in [-0.2, 0) is 13.0 Å². The largest absolute Gasteiger partial charge is 0.496 e. The number of nitrogens with zero attached hydrogens (tertiary/aromatic N) is 1. The lowest BCUT2D eigenvalue weighted by Crippen LogP contribution is -2.38. The van der Waals surface area contributed by atoms with Crippen LogP contribution in [0.1, 0.15) is 47.2 Å². The van der Waals surface area contributed by atoms with Gasteiger partial charge in [0.05, 0.1) is 20.3 Å². The molecule has 0 radical (unpaired) electrons. The quantitative estimate of drug-likeness (QED) is 0.927. The zero-order valence-electron chi connectivity index (χ0n) is 14.9. The molecule has 0 spiro atoms. The third-order valence-electron chi connectivity index (χ3n) is 5.59. The van der Waals surface area contributed by atoms with E-state index in [1.807, 2.05) is 12.1 Å². The maximum atomic E-state index is 10.9. The Balaban J connectivity index is 1.73. The topological polar surface area (TPSA) is 41.9 Å². The van der Waals surface area contributed by atoms with E-state index < -0.39 is 6.10 Å². The van der Waals surface area contributed by atoms with Crippen molar-refractivity contribution in [2.24, 2.45) is 0 Å². The van der Waals surface area contributed by atoms with Crippen molar-refractivity contribution < 1.29 is 14.6 Å². The van der Waals surface area contributed by atoms with Crippen molar-refractivity contribution in [1.82, 2.24) is 4.90 Å². The molecule has 0 amide bonds. The molecule has 0 fully saturated rings. The molecule has 4 heteroatoms. The second kappa shape index (κ2) is 6.70. The number of ether oxygens (including phenoxy) is 2. The molecule has 4 rings (SSSR count). The van der Waals surface area contributed by atoms with Crippen molar-refractivity contribution in [2.45, 2.75) is 38.0 Å². The van der Waals surface area contributed by atoms with Crippen molar-refractivity contribution in [3.63, 3.8) is 0 Å². The highest BCUT2D eigenvalue weighted by Gasteiger charge is 2.34. The van der Waals surface area contributed by atoms with Crippen LogP contribution < -0.4 is 9.47 Å². The van der Waals surface area contributed by atoms with Crippen LogP contribution in [0, 0.1) is 0 Å². The van der Waals surface area contributed by atoms with Gasteiger partial charge in [0.15, 0.2) is 0 Å². The van der Waals surface area contributed by atoms with Gasteiger partial charge in [-0.2, -0.15) is 0 Å². The van der Waals surface area contributed by atoms with Gasteiger partial charge in [-0.25, -0.2) is 0 Å².